The van der Waals surface area contributed by atoms with Crippen LogP contribution in [0.3, 0.4) is 0 Å². The number of hydrogen-bond donors (Lipinski definition) is 2. The van der Waals surface area contributed by atoms with Crippen molar-refractivity contribution in [3.63, 3.8) is 0 Å². The van der Waals surface area contributed by atoms with Gasteiger partial charge in [0.05, 0.1) is 18.9 Å². The summed E-state index contributed by atoms with van der Waals surface area (Å²) in [5.74, 6) is 0. The first-order chi connectivity index (χ1) is 11.2. The van der Waals surface area contributed by atoms with Crippen LogP contribution in [0, 0.1) is 5.41 Å². The Labute approximate surface area is 141 Å². The van der Waals surface area contributed by atoms with Crippen molar-refractivity contribution in [3.8, 4) is 0 Å². The van der Waals surface area contributed by atoms with Gasteiger partial charge in [-0.3, -0.25) is 0 Å². The van der Waals surface area contributed by atoms with E-state index >= 15 is 0 Å². The van der Waals surface area contributed by atoms with Gasteiger partial charge in [-0.15, -0.1) is 11.3 Å². The van der Waals surface area contributed by atoms with E-state index < -0.39 is 0 Å². The highest BCUT2D eigenvalue weighted by molar-refractivity contribution is 7.13. The highest BCUT2D eigenvalue weighted by atomic mass is 32.1. The molecule has 2 aromatic rings. The minimum Gasteiger partial charge on any atom is -0.396 e. The molecule has 0 radical (unpaired) electrons. The standard InChI is InChI=1S/C18H24N2O2S/c21-11-16-12-23-17(19-16)20-10-4-8-18(13-20,14-22)9-7-15-5-2-1-3-6-15/h1-3,5-6,12,21-22H,4,7-11,13-14H2/t18-/m0/s1. The molecule has 1 aliphatic rings. The average molecular weight is 332 g/mol. The van der Waals surface area contributed by atoms with Gasteiger partial charge < -0.3 is 15.1 Å². The molecular formula is C18H24N2O2S. The van der Waals surface area contributed by atoms with Crippen LogP contribution < -0.4 is 4.90 Å². The number of rotatable bonds is 6. The van der Waals surface area contributed by atoms with E-state index in [4.69, 9.17) is 0 Å². The summed E-state index contributed by atoms with van der Waals surface area (Å²) >= 11 is 1.58. The second-order valence-electron chi connectivity index (χ2n) is 6.45. The Morgan fingerprint density at radius 1 is 1.22 bits per heavy atom. The lowest BCUT2D eigenvalue weighted by atomic mass is 9.76. The predicted octanol–water partition coefficient (Wildman–Crippen LogP) is 2.85. The number of nitrogens with zero attached hydrogens (tertiary/aromatic N) is 2. The Kier molecular flexibility index (Phi) is 5.30. The third kappa shape index (κ3) is 3.91. The summed E-state index contributed by atoms with van der Waals surface area (Å²) in [6.45, 7) is 2.03. The van der Waals surface area contributed by atoms with E-state index in [0.29, 0.717) is 0 Å². The second-order valence-corrected chi connectivity index (χ2v) is 7.28. The molecule has 124 valence electrons. The van der Waals surface area contributed by atoms with Gasteiger partial charge in [0.2, 0.25) is 0 Å². The molecule has 0 unspecified atom stereocenters. The highest BCUT2D eigenvalue weighted by Crippen LogP contribution is 2.37. The van der Waals surface area contributed by atoms with Gasteiger partial charge in [0.1, 0.15) is 0 Å². The predicted molar refractivity (Wildman–Crippen MR) is 93.8 cm³/mol. The zero-order chi connectivity index (χ0) is 16.1. The fourth-order valence-corrected chi connectivity index (χ4v) is 4.20. The summed E-state index contributed by atoms with van der Waals surface area (Å²) in [6, 6.07) is 10.5. The molecule has 0 amide bonds. The largest absolute Gasteiger partial charge is 0.396 e. The van der Waals surface area contributed by atoms with E-state index in [1.165, 1.54) is 5.56 Å². The molecule has 2 N–H and O–H groups in total. The van der Waals surface area contributed by atoms with Crippen LogP contribution in [0.1, 0.15) is 30.5 Å². The minimum atomic E-state index is -0.0564. The maximum absolute atomic E-state index is 10.1. The Morgan fingerprint density at radius 3 is 2.74 bits per heavy atom. The second kappa shape index (κ2) is 7.43. The molecule has 1 fully saturated rings. The number of aryl methyl sites for hydroxylation is 1. The van der Waals surface area contributed by atoms with Crippen LogP contribution in [0.4, 0.5) is 5.13 Å². The van der Waals surface area contributed by atoms with Crippen molar-refractivity contribution in [1.82, 2.24) is 4.98 Å². The Bertz CT molecular complexity index is 616. The zero-order valence-electron chi connectivity index (χ0n) is 13.3. The maximum Gasteiger partial charge on any atom is 0.185 e. The van der Waals surface area contributed by atoms with Crippen LogP contribution in [0.5, 0.6) is 0 Å². The average Bonchev–Trinajstić information content (AvgIpc) is 3.10. The summed E-state index contributed by atoms with van der Waals surface area (Å²) in [5, 5.41) is 22.1. The van der Waals surface area contributed by atoms with Crippen molar-refractivity contribution in [2.45, 2.75) is 32.3 Å². The molecule has 1 saturated heterocycles. The number of aromatic nitrogens is 1. The van der Waals surface area contributed by atoms with Gasteiger partial charge in [-0.05, 0) is 31.2 Å². The summed E-state index contributed by atoms with van der Waals surface area (Å²) in [6.07, 6.45) is 4.12. The van der Waals surface area contributed by atoms with Gasteiger partial charge in [-0.1, -0.05) is 30.3 Å². The van der Waals surface area contributed by atoms with Crippen molar-refractivity contribution < 1.29 is 10.2 Å². The summed E-state index contributed by atoms with van der Waals surface area (Å²) in [4.78, 5) is 6.76. The summed E-state index contributed by atoms with van der Waals surface area (Å²) in [5.41, 5.74) is 2.00. The Morgan fingerprint density at radius 2 is 2.04 bits per heavy atom. The van der Waals surface area contributed by atoms with Crippen molar-refractivity contribution in [3.05, 3.63) is 47.0 Å². The number of aliphatic hydroxyl groups is 2. The smallest absolute Gasteiger partial charge is 0.185 e. The fraction of sp³-hybridized carbons (Fsp3) is 0.500. The third-order valence-corrected chi connectivity index (χ3v) is 5.71. The van der Waals surface area contributed by atoms with Crippen LogP contribution in [-0.4, -0.2) is 34.9 Å². The van der Waals surface area contributed by atoms with Crippen molar-refractivity contribution >= 4 is 16.5 Å². The minimum absolute atomic E-state index is 0.0104. The van der Waals surface area contributed by atoms with Gasteiger partial charge >= 0.3 is 0 Å². The molecule has 3 rings (SSSR count). The van der Waals surface area contributed by atoms with Gasteiger partial charge in [0, 0.05) is 23.9 Å². The van der Waals surface area contributed by atoms with Crippen molar-refractivity contribution in [2.75, 3.05) is 24.6 Å². The third-order valence-electron chi connectivity index (χ3n) is 4.76. The van der Waals surface area contributed by atoms with E-state index in [2.05, 4.69) is 34.1 Å². The quantitative estimate of drug-likeness (QED) is 0.854. The molecule has 0 bridgehead atoms. The monoisotopic (exact) mass is 332 g/mol. The number of benzene rings is 1. The van der Waals surface area contributed by atoms with E-state index in [0.717, 1.165) is 49.6 Å². The molecular weight excluding hydrogens is 308 g/mol. The molecule has 1 aromatic carbocycles. The first-order valence-corrected chi connectivity index (χ1v) is 9.08. The molecule has 0 saturated carbocycles. The summed E-state index contributed by atoms with van der Waals surface area (Å²) in [7, 11) is 0. The molecule has 23 heavy (non-hydrogen) atoms. The lowest BCUT2D eigenvalue weighted by molar-refractivity contribution is 0.0965. The lowest BCUT2D eigenvalue weighted by Gasteiger charge is -2.42. The van der Waals surface area contributed by atoms with Crippen LogP contribution in [-0.2, 0) is 13.0 Å². The van der Waals surface area contributed by atoms with E-state index in [1.807, 2.05) is 11.4 Å². The first-order valence-electron chi connectivity index (χ1n) is 8.20. The van der Waals surface area contributed by atoms with Gasteiger partial charge in [0.25, 0.3) is 0 Å². The van der Waals surface area contributed by atoms with Crippen LogP contribution in [0.15, 0.2) is 35.7 Å². The van der Waals surface area contributed by atoms with Crippen LogP contribution in [0.25, 0.3) is 0 Å². The summed E-state index contributed by atoms with van der Waals surface area (Å²) < 4.78 is 0. The maximum atomic E-state index is 10.1. The van der Waals surface area contributed by atoms with Gasteiger partial charge in [-0.2, -0.15) is 0 Å². The molecule has 4 nitrogen and oxygen atoms in total. The number of piperidine rings is 1. The molecule has 1 aromatic heterocycles. The number of thiazole rings is 1. The van der Waals surface area contributed by atoms with E-state index in [1.54, 1.807) is 11.3 Å². The van der Waals surface area contributed by atoms with Crippen molar-refractivity contribution in [2.24, 2.45) is 5.41 Å². The van der Waals surface area contributed by atoms with E-state index in [-0.39, 0.29) is 18.6 Å². The molecule has 1 aliphatic heterocycles. The van der Waals surface area contributed by atoms with Gasteiger partial charge in [-0.25, -0.2) is 4.98 Å². The van der Waals surface area contributed by atoms with Gasteiger partial charge in [0.15, 0.2) is 5.13 Å². The zero-order valence-corrected chi connectivity index (χ0v) is 14.1. The topological polar surface area (TPSA) is 56.6 Å². The normalized spacial score (nSPS) is 21.6. The molecule has 5 heteroatoms. The molecule has 0 spiro atoms. The van der Waals surface area contributed by atoms with Crippen molar-refractivity contribution in [1.29, 1.82) is 0 Å². The molecule has 1 atom stereocenters. The fourth-order valence-electron chi connectivity index (χ4n) is 3.35. The van der Waals surface area contributed by atoms with Crippen LogP contribution in [0.2, 0.25) is 0 Å². The first kappa shape index (κ1) is 16.4. The van der Waals surface area contributed by atoms with Crippen LogP contribution >= 0.6 is 11.3 Å². The molecule has 0 aliphatic carbocycles. The number of aliphatic hydroxyl groups excluding tert-OH is 2. The Hall–Kier alpha value is -1.43. The van der Waals surface area contributed by atoms with E-state index in [9.17, 15) is 10.2 Å². The lowest BCUT2D eigenvalue weighted by Crippen LogP contribution is -2.45. The SMILES string of the molecule is OCc1csc(N2CCC[C@](CO)(CCc3ccccc3)C2)n1. The number of hydrogen-bond acceptors (Lipinski definition) is 5. The highest BCUT2D eigenvalue weighted by Gasteiger charge is 2.35. The molecule has 2 heterocycles. The Balaban J connectivity index is 1.68. The number of anilines is 1.